The predicted molar refractivity (Wildman–Crippen MR) is 280 cm³/mol. The summed E-state index contributed by atoms with van der Waals surface area (Å²) in [6.07, 6.45) is -0.804. The maximum atomic E-state index is 14.1. The molecule has 0 spiro atoms. The third-order valence-corrected chi connectivity index (χ3v) is 12.1. The summed E-state index contributed by atoms with van der Waals surface area (Å²) in [6, 6.07) is -13.8. The number of carboxylic acids is 1. The molecule has 0 radical (unpaired) electrons. The molecule has 0 heterocycles. The summed E-state index contributed by atoms with van der Waals surface area (Å²) in [7, 11) is 0. The Morgan fingerprint density at radius 3 is 1.03 bits per heavy atom. The third-order valence-electron chi connectivity index (χ3n) is 12.1. The highest BCUT2D eigenvalue weighted by Crippen LogP contribution is 2.15. The Hall–Kier alpha value is -6.44. The molecule has 76 heavy (non-hydrogen) atoms. The molecule has 0 aromatic heterocycles. The van der Waals surface area contributed by atoms with Crippen LogP contribution in [0.15, 0.2) is 0 Å². The fourth-order valence-corrected chi connectivity index (χ4v) is 7.66. The van der Waals surface area contributed by atoms with Crippen molar-refractivity contribution >= 4 is 70.9 Å². The number of hydrogen-bond donors (Lipinski definition) is 14. The van der Waals surface area contributed by atoms with E-state index in [9.17, 15) is 67.7 Å². The first-order valence-corrected chi connectivity index (χ1v) is 26.0. The van der Waals surface area contributed by atoms with Crippen molar-refractivity contribution in [2.45, 2.75) is 196 Å². The number of carbonyl (C=O) groups is 12. The van der Waals surface area contributed by atoms with Crippen molar-refractivity contribution in [1.82, 2.24) is 47.9 Å². The van der Waals surface area contributed by atoms with Crippen LogP contribution in [-0.2, 0) is 57.5 Å². The highest BCUT2D eigenvalue weighted by molar-refractivity contribution is 5.99. The number of amides is 11. The SMILES string of the molecule is CC[C@H](C)[C@H](NC(=O)[C@@H](NC(=O)[C@H](CC(C)C)NC(=O)[C@H](CC(N)=O)NC(=O)[C@H](CC(C)C)NC(=O)[C@@H](NC(=O)[C@H](CO)NC(=O)[C@H](CC(C)C)NC(=O)[C@@H](N)CC(N)=O)C(C)C)C(C)C)C(=O)N[C@H](C(=O)O)C(C)C. The standard InChI is InChI=1S/C50H90N12O14/c1-15-28(14)40(49(74)61-39(27(12)13)50(75)76)62-48(73)38(26(10)11)59-45(70)32(18-24(6)7)55-44(69)33(20-36(53)65)56-42(67)31(17-23(4)5)57-47(72)37(25(8)9)60-46(71)34(21-63)58-43(68)30(16-22(2)3)54-41(66)29(51)19-35(52)64/h22-34,37-40,63H,15-21,51H2,1-14H3,(H2,52,64)(H2,53,65)(H,54,66)(H,55,69)(H,56,67)(H,57,72)(H,58,68)(H,59,70)(H,60,71)(H,61,74)(H,62,73)(H,75,76)/t28-,29-,30-,31-,32-,33-,34-,37-,38-,39-,40-/m0/s1. The second-order valence-electron chi connectivity index (χ2n) is 21.7. The highest BCUT2D eigenvalue weighted by Gasteiger charge is 2.38. The average Bonchev–Trinajstić information content (AvgIpc) is 3.29. The molecule has 0 unspecified atom stereocenters. The van der Waals surface area contributed by atoms with Crippen molar-refractivity contribution in [2.24, 2.45) is 58.6 Å². The molecule has 17 N–H and O–H groups in total. The van der Waals surface area contributed by atoms with Gasteiger partial charge in [-0.15, -0.1) is 0 Å². The minimum Gasteiger partial charge on any atom is -0.480 e. The number of aliphatic hydroxyl groups excluding tert-OH is 1. The minimum absolute atomic E-state index is 0.00227. The van der Waals surface area contributed by atoms with Crippen molar-refractivity contribution < 1.29 is 67.7 Å². The van der Waals surface area contributed by atoms with Crippen LogP contribution in [0, 0.1) is 41.4 Å². The zero-order chi connectivity index (χ0) is 59.1. The Morgan fingerprint density at radius 2 is 0.671 bits per heavy atom. The average molecular weight is 1080 g/mol. The van der Waals surface area contributed by atoms with E-state index in [1.807, 2.05) is 0 Å². The molecule has 11 amide bonds. The van der Waals surface area contributed by atoms with Crippen LogP contribution < -0.4 is 65.1 Å². The molecule has 0 saturated heterocycles. The Kier molecular flexibility index (Phi) is 30.7. The number of carbonyl (C=O) groups excluding carboxylic acids is 11. The molecule has 0 rings (SSSR count). The van der Waals surface area contributed by atoms with Crippen molar-refractivity contribution in [3.63, 3.8) is 0 Å². The van der Waals surface area contributed by atoms with Gasteiger partial charge in [0.15, 0.2) is 0 Å². The molecule has 26 nitrogen and oxygen atoms in total. The molecule has 0 saturated carbocycles. The van der Waals surface area contributed by atoms with Gasteiger partial charge in [-0.2, -0.15) is 0 Å². The van der Waals surface area contributed by atoms with Gasteiger partial charge in [0.1, 0.15) is 54.4 Å². The first-order chi connectivity index (χ1) is 35.1. The van der Waals surface area contributed by atoms with Gasteiger partial charge in [-0.3, -0.25) is 52.7 Å². The molecule has 11 atom stereocenters. The second-order valence-corrected chi connectivity index (χ2v) is 21.7. The molecule has 434 valence electrons. The van der Waals surface area contributed by atoms with E-state index in [0.717, 1.165) is 0 Å². The van der Waals surface area contributed by atoms with Crippen molar-refractivity contribution in [2.75, 3.05) is 6.61 Å². The lowest BCUT2D eigenvalue weighted by Gasteiger charge is -2.31. The molecule has 0 fully saturated rings. The van der Waals surface area contributed by atoms with Crippen molar-refractivity contribution in [1.29, 1.82) is 0 Å². The van der Waals surface area contributed by atoms with Crippen LogP contribution in [-0.4, -0.2) is 148 Å². The quantitative estimate of drug-likeness (QED) is 0.0316. The number of hydrogen-bond acceptors (Lipinski definition) is 14. The molecule has 0 aliphatic heterocycles. The summed E-state index contributed by atoms with van der Waals surface area (Å²) in [5.41, 5.74) is 16.4. The number of nitrogens with two attached hydrogens (primary N) is 3. The van der Waals surface area contributed by atoms with E-state index in [4.69, 9.17) is 17.2 Å². The van der Waals surface area contributed by atoms with Crippen LogP contribution in [0.5, 0.6) is 0 Å². The van der Waals surface area contributed by atoms with Gasteiger partial charge in [-0.1, -0.05) is 103 Å². The molecule has 0 bridgehead atoms. The van der Waals surface area contributed by atoms with Gasteiger partial charge in [-0.05, 0) is 60.7 Å². The molecule has 0 aromatic carbocycles. The summed E-state index contributed by atoms with van der Waals surface area (Å²) in [6.45, 7) is 22.7. The zero-order valence-electron chi connectivity index (χ0n) is 46.8. The lowest BCUT2D eigenvalue weighted by Crippen LogP contribution is -2.62. The second kappa shape index (κ2) is 33.6. The van der Waals surface area contributed by atoms with Crippen LogP contribution in [0.2, 0.25) is 0 Å². The smallest absolute Gasteiger partial charge is 0.326 e. The van der Waals surface area contributed by atoms with E-state index in [2.05, 4.69) is 47.9 Å². The summed E-state index contributed by atoms with van der Waals surface area (Å²) in [5.74, 6) is -13.9. The first-order valence-electron chi connectivity index (χ1n) is 26.0. The Bertz CT molecular complexity index is 2020. The number of aliphatic hydroxyl groups is 1. The lowest BCUT2D eigenvalue weighted by atomic mass is 9.95. The molecular weight excluding hydrogens is 993 g/mol. The van der Waals surface area contributed by atoms with E-state index >= 15 is 0 Å². The number of carboxylic acid groups (broad SMARTS) is 1. The van der Waals surface area contributed by atoms with E-state index in [1.54, 1.807) is 96.9 Å². The van der Waals surface area contributed by atoms with Gasteiger partial charge < -0.3 is 75.3 Å². The van der Waals surface area contributed by atoms with Gasteiger partial charge in [-0.25, -0.2) is 4.79 Å². The van der Waals surface area contributed by atoms with E-state index in [-0.39, 0.29) is 37.0 Å². The predicted octanol–water partition coefficient (Wildman–Crippen LogP) is -2.34. The maximum Gasteiger partial charge on any atom is 0.326 e. The topological polar surface area (TPSA) is 432 Å². The third kappa shape index (κ3) is 24.9. The summed E-state index contributed by atoms with van der Waals surface area (Å²) in [5, 5.41) is 42.5. The van der Waals surface area contributed by atoms with Crippen LogP contribution >= 0.6 is 0 Å². The van der Waals surface area contributed by atoms with E-state index < -0.39 is 174 Å². The minimum atomic E-state index is -1.70. The highest BCUT2D eigenvalue weighted by atomic mass is 16.4. The van der Waals surface area contributed by atoms with Gasteiger partial charge in [0.2, 0.25) is 65.0 Å². The molecule has 0 aliphatic carbocycles. The van der Waals surface area contributed by atoms with Gasteiger partial charge in [0.05, 0.1) is 25.5 Å². The first kappa shape index (κ1) is 69.6. The Balaban J connectivity index is 6.57. The van der Waals surface area contributed by atoms with Gasteiger partial charge in [0, 0.05) is 0 Å². The molecule has 0 aliphatic rings. The van der Waals surface area contributed by atoms with Crippen LogP contribution in [0.4, 0.5) is 0 Å². The zero-order valence-corrected chi connectivity index (χ0v) is 46.8. The fourth-order valence-electron chi connectivity index (χ4n) is 7.66. The summed E-state index contributed by atoms with van der Waals surface area (Å²) in [4.78, 5) is 159. The largest absolute Gasteiger partial charge is 0.480 e. The van der Waals surface area contributed by atoms with Crippen molar-refractivity contribution in [3.05, 3.63) is 0 Å². The number of nitrogens with one attached hydrogen (secondary N) is 9. The molecule has 26 heteroatoms. The maximum absolute atomic E-state index is 14.1. The lowest BCUT2D eigenvalue weighted by molar-refractivity contribution is -0.144. The van der Waals surface area contributed by atoms with Crippen LogP contribution in [0.25, 0.3) is 0 Å². The van der Waals surface area contributed by atoms with E-state index in [0.29, 0.717) is 6.42 Å². The molecular formula is C50H90N12O14. The summed E-state index contributed by atoms with van der Waals surface area (Å²) >= 11 is 0. The Labute approximate surface area is 446 Å². The number of primary amides is 2. The van der Waals surface area contributed by atoms with E-state index in [1.165, 1.54) is 0 Å². The molecule has 0 aromatic rings. The van der Waals surface area contributed by atoms with Crippen LogP contribution in [0.1, 0.15) is 135 Å². The normalized spacial score (nSPS) is 15.9. The number of aliphatic carboxylic acids is 1. The monoisotopic (exact) mass is 1080 g/mol. The van der Waals surface area contributed by atoms with Crippen LogP contribution in [0.3, 0.4) is 0 Å². The van der Waals surface area contributed by atoms with Gasteiger partial charge in [0.25, 0.3) is 0 Å². The van der Waals surface area contributed by atoms with Gasteiger partial charge >= 0.3 is 5.97 Å². The summed E-state index contributed by atoms with van der Waals surface area (Å²) < 4.78 is 0. The Morgan fingerprint density at radius 1 is 0.382 bits per heavy atom. The fraction of sp³-hybridized carbons (Fsp3) is 0.760. The van der Waals surface area contributed by atoms with Crippen molar-refractivity contribution in [3.8, 4) is 0 Å². The number of rotatable bonds is 35.